The van der Waals surface area contributed by atoms with E-state index in [-0.39, 0.29) is 23.6 Å². The number of nitrogens with zero attached hydrogens (tertiary/aromatic N) is 2. The zero-order chi connectivity index (χ0) is 14.4. The van der Waals surface area contributed by atoms with E-state index in [0.29, 0.717) is 18.7 Å². The Labute approximate surface area is 113 Å². The molecule has 3 nitrogen and oxygen atoms in total. The number of ketones is 1. The number of hydrogen-bond acceptors (Lipinski definition) is 3. The van der Waals surface area contributed by atoms with Crippen molar-refractivity contribution >= 4 is 5.78 Å². The van der Waals surface area contributed by atoms with Crippen molar-refractivity contribution < 1.29 is 9.18 Å². The molecule has 0 saturated heterocycles. The van der Waals surface area contributed by atoms with Gasteiger partial charge in [0, 0.05) is 12.1 Å². The number of benzene rings is 1. The Morgan fingerprint density at radius 2 is 1.95 bits per heavy atom. The molecule has 0 bridgehead atoms. The van der Waals surface area contributed by atoms with Gasteiger partial charge in [0.25, 0.3) is 0 Å². The van der Waals surface area contributed by atoms with Crippen LogP contribution in [0.1, 0.15) is 31.1 Å². The van der Waals surface area contributed by atoms with Gasteiger partial charge in [-0.05, 0) is 44.7 Å². The fourth-order valence-corrected chi connectivity index (χ4v) is 1.97. The summed E-state index contributed by atoms with van der Waals surface area (Å²) in [6.45, 7) is 6.86. The van der Waals surface area contributed by atoms with Crippen LogP contribution in [-0.2, 0) is 0 Å². The van der Waals surface area contributed by atoms with E-state index in [1.165, 1.54) is 24.3 Å². The quantitative estimate of drug-likeness (QED) is 0.740. The number of Topliss-reactive ketones (excluding diaryl/α,β-unsaturated/α-hetero) is 1. The van der Waals surface area contributed by atoms with Crippen LogP contribution < -0.4 is 0 Å². The normalized spacial score (nSPS) is 13.9. The first kappa shape index (κ1) is 15.3. The van der Waals surface area contributed by atoms with Crippen LogP contribution in [-0.4, -0.2) is 29.8 Å². The van der Waals surface area contributed by atoms with Gasteiger partial charge in [-0.25, -0.2) is 4.39 Å². The first-order valence-corrected chi connectivity index (χ1v) is 6.43. The average Bonchev–Trinajstić information content (AvgIpc) is 2.43. The van der Waals surface area contributed by atoms with Crippen molar-refractivity contribution in [3.05, 3.63) is 35.6 Å². The molecule has 19 heavy (non-hydrogen) atoms. The van der Waals surface area contributed by atoms with E-state index in [4.69, 9.17) is 5.26 Å². The molecule has 0 aromatic heterocycles. The Morgan fingerprint density at radius 1 is 1.37 bits per heavy atom. The van der Waals surface area contributed by atoms with Crippen LogP contribution >= 0.6 is 0 Å². The third-order valence-electron chi connectivity index (χ3n) is 3.19. The molecule has 0 amide bonds. The molecule has 0 N–H and O–H groups in total. The lowest BCUT2D eigenvalue weighted by molar-refractivity contribution is 0.0835. The van der Waals surface area contributed by atoms with E-state index < -0.39 is 0 Å². The lowest BCUT2D eigenvalue weighted by Crippen LogP contribution is -2.41. The molecule has 1 rings (SSSR count). The van der Waals surface area contributed by atoms with Crippen molar-refractivity contribution in [2.24, 2.45) is 5.92 Å². The highest BCUT2D eigenvalue weighted by molar-refractivity contribution is 5.99. The minimum atomic E-state index is -0.352. The first-order chi connectivity index (χ1) is 8.99. The van der Waals surface area contributed by atoms with Crippen molar-refractivity contribution in [1.82, 2.24) is 4.90 Å². The molecular weight excluding hydrogens is 243 g/mol. The predicted molar refractivity (Wildman–Crippen MR) is 72.2 cm³/mol. The van der Waals surface area contributed by atoms with E-state index in [2.05, 4.69) is 6.07 Å². The molecule has 2 unspecified atom stereocenters. The van der Waals surface area contributed by atoms with E-state index in [1.807, 2.05) is 25.7 Å². The molecule has 0 fully saturated rings. The second kappa shape index (κ2) is 7.01. The van der Waals surface area contributed by atoms with Gasteiger partial charge in [0.15, 0.2) is 5.78 Å². The Kier molecular flexibility index (Phi) is 5.65. The predicted octanol–water partition coefficient (Wildman–Crippen LogP) is 2.88. The number of carbonyl (C=O) groups is 1. The highest BCUT2D eigenvalue weighted by Gasteiger charge is 2.22. The molecule has 0 aliphatic rings. The van der Waals surface area contributed by atoms with E-state index in [0.717, 1.165) is 0 Å². The summed E-state index contributed by atoms with van der Waals surface area (Å²) in [6.07, 6.45) is 0. The molecule has 0 aliphatic heterocycles. The van der Waals surface area contributed by atoms with Gasteiger partial charge in [-0.3, -0.25) is 9.69 Å². The fraction of sp³-hybridized carbons (Fsp3) is 0.467. The summed E-state index contributed by atoms with van der Waals surface area (Å²) in [6, 6.07) is 7.42. The molecule has 0 radical (unpaired) electrons. The monoisotopic (exact) mass is 262 g/mol. The van der Waals surface area contributed by atoms with Gasteiger partial charge in [0.05, 0.1) is 18.0 Å². The van der Waals surface area contributed by atoms with Gasteiger partial charge < -0.3 is 0 Å². The van der Waals surface area contributed by atoms with Gasteiger partial charge in [-0.15, -0.1) is 0 Å². The van der Waals surface area contributed by atoms with Crippen LogP contribution in [0, 0.1) is 23.1 Å². The third-order valence-corrected chi connectivity index (χ3v) is 3.19. The fourth-order valence-electron chi connectivity index (χ4n) is 1.97. The number of nitriles is 1. The third kappa shape index (κ3) is 4.15. The summed E-state index contributed by atoms with van der Waals surface area (Å²) in [4.78, 5) is 14.2. The molecule has 0 aliphatic carbocycles. The Balaban J connectivity index is 2.79. The number of likely N-dealkylation sites (N-methyl/N-ethyl adjacent to an activating group) is 1. The lowest BCUT2D eigenvalue weighted by Gasteiger charge is -2.27. The second-order valence-electron chi connectivity index (χ2n) is 4.66. The second-order valence-corrected chi connectivity index (χ2v) is 4.66. The zero-order valence-electron chi connectivity index (χ0n) is 11.6. The smallest absolute Gasteiger partial charge is 0.179 e. The lowest BCUT2D eigenvalue weighted by atomic mass is 10.0. The van der Waals surface area contributed by atoms with Gasteiger partial charge >= 0.3 is 0 Å². The first-order valence-electron chi connectivity index (χ1n) is 6.43. The summed E-state index contributed by atoms with van der Waals surface area (Å²) in [5.74, 6) is -0.523. The van der Waals surface area contributed by atoms with Gasteiger partial charge in [0.2, 0.25) is 0 Å². The number of carbonyl (C=O) groups excluding carboxylic acids is 1. The molecule has 4 heteroatoms. The molecular formula is C15H19FN2O. The van der Waals surface area contributed by atoms with E-state index in [1.54, 1.807) is 0 Å². The maximum absolute atomic E-state index is 12.8. The minimum absolute atomic E-state index is 0.0491. The topological polar surface area (TPSA) is 44.1 Å². The molecule has 2 atom stereocenters. The van der Waals surface area contributed by atoms with Crippen molar-refractivity contribution in [2.45, 2.75) is 26.8 Å². The Bertz CT molecular complexity index is 464. The molecule has 0 heterocycles. The molecule has 1 aromatic carbocycles. The van der Waals surface area contributed by atoms with Crippen LogP contribution in [0.5, 0.6) is 0 Å². The van der Waals surface area contributed by atoms with E-state index >= 15 is 0 Å². The maximum atomic E-state index is 12.8. The minimum Gasteiger partial charge on any atom is -0.292 e. The van der Waals surface area contributed by atoms with E-state index in [9.17, 15) is 9.18 Å². The highest BCUT2D eigenvalue weighted by atomic mass is 19.1. The average molecular weight is 262 g/mol. The SMILES string of the molecule is CCN(CC(C)C#N)C(C)C(=O)c1ccc(F)cc1. The van der Waals surface area contributed by atoms with Gasteiger partial charge in [0.1, 0.15) is 5.82 Å². The van der Waals surface area contributed by atoms with Crippen LogP contribution in [0.2, 0.25) is 0 Å². The summed E-state index contributed by atoms with van der Waals surface area (Å²) in [5.41, 5.74) is 0.497. The number of hydrogen-bond donors (Lipinski definition) is 0. The van der Waals surface area contributed by atoms with Crippen LogP contribution in [0.4, 0.5) is 4.39 Å². The van der Waals surface area contributed by atoms with Crippen molar-refractivity contribution in [3.63, 3.8) is 0 Å². The molecule has 1 aromatic rings. The van der Waals surface area contributed by atoms with Crippen LogP contribution in [0.3, 0.4) is 0 Å². The molecule has 0 saturated carbocycles. The summed E-state index contributed by atoms with van der Waals surface area (Å²) < 4.78 is 12.8. The van der Waals surface area contributed by atoms with Crippen LogP contribution in [0.25, 0.3) is 0 Å². The van der Waals surface area contributed by atoms with Crippen molar-refractivity contribution in [3.8, 4) is 6.07 Å². The van der Waals surface area contributed by atoms with Gasteiger partial charge in [-0.2, -0.15) is 5.26 Å². The highest BCUT2D eigenvalue weighted by Crippen LogP contribution is 2.12. The summed E-state index contributed by atoms with van der Waals surface area (Å²) in [7, 11) is 0. The Hall–Kier alpha value is -1.73. The Morgan fingerprint density at radius 3 is 2.42 bits per heavy atom. The number of halogens is 1. The van der Waals surface area contributed by atoms with Crippen LogP contribution in [0.15, 0.2) is 24.3 Å². The number of rotatable bonds is 6. The molecule has 0 spiro atoms. The largest absolute Gasteiger partial charge is 0.292 e. The van der Waals surface area contributed by atoms with Gasteiger partial charge in [-0.1, -0.05) is 6.92 Å². The van der Waals surface area contributed by atoms with Crippen molar-refractivity contribution in [2.75, 3.05) is 13.1 Å². The summed E-state index contributed by atoms with van der Waals surface area (Å²) in [5, 5.41) is 8.84. The summed E-state index contributed by atoms with van der Waals surface area (Å²) >= 11 is 0. The maximum Gasteiger partial charge on any atom is 0.179 e. The molecule has 102 valence electrons. The zero-order valence-corrected chi connectivity index (χ0v) is 11.6. The van der Waals surface area contributed by atoms with Crippen molar-refractivity contribution in [1.29, 1.82) is 5.26 Å². The standard InChI is InChI=1S/C15H19FN2O/c1-4-18(10-11(2)9-17)12(3)15(19)13-5-7-14(16)8-6-13/h5-8,11-12H,4,10H2,1-3H3.